The Hall–Kier alpha value is -1.60. The van der Waals surface area contributed by atoms with Crippen LogP contribution >= 0.6 is 0 Å². The van der Waals surface area contributed by atoms with Gasteiger partial charge in [-0.2, -0.15) is 0 Å². The zero-order chi connectivity index (χ0) is 11.4. The molecule has 0 bridgehead atoms. The highest BCUT2D eigenvalue weighted by Gasteiger charge is 2.03. The second-order valence-corrected chi connectivity index (χ2v) is 4.07. The SMILES string of the molecule is CC(CO)c1ccc(-c2ccccc2)cc1. The Labute approximate surface area is 96.4 Å². The van der Waals surface area contributed by atoms with Crippen LogP contribution in [0, 0.1) is 0 Å². The van der Waals surface area contributed by atoms with E-state index in [-0.39, 0.29) is 12.5 Å². The zero-order valence-electron chi connectivity index (χ0n) is 9.43. The lowest BCUT2D eigenvalue weighted by Gasteiger charge is -2.09. The number of benzene rings is 2. The van der Waals surface area contributed by atoms with Crippen molar-refractivity contribution < 1.29 is 5.11 Å². The second kappa shape index (κ2) is 4.95. The zero-order valence-corrected chi connectivity index (χ0v) is 9.43. The van der Waals surface area contributed by atoms with Crippen molar-refractivity contribution in [1.82, 2.24) is 0 Å². The van der Waals surface area contributed by atoms with Crippen LogP contribution in [0.15, 0.2) is 54.6 Å². The number of hydrogen-bond donors (Lipinski definition) is 1. The molecule has 1 N–H and O–H groups in total. The lowest BCUT2D eigenvalue weighted by atomic mass is 9.98. The molecule has 82 valence electrons. The lowest BCUT2D eigenvalue weighted by molar-refractivity contribution is 0.273. The molecular weight excluding hydrogens is 196 g/mol. The summed E-state index contributed by atoms with van der Waals surface area (Å²) in [6, 6.07) is 18.7. The quantitative estimate of drug-likeness (QED) is 0.826. The second-order valence-electron chi connectivity index (χ2n) is 4.07. The van der Waals surface area contributed by atoms with E-state index in [1.54, 1.807) is 0 Å². The van der Waals surface area contributed by atoms with E-state index >= 15 is 0 Å². The van der Waals surface area contributed by atoms with Crippen LogP contribution in [0.1, 0.15) is 18.4 Å². The first-order valence-electron chi connectivity index (χ1n) is 5.57. The summed E-state index contributed by atoms with van der Waals surface area (Å²) in [5.74, 6) is 0.213. The van der Waals surface area contributed by atoms with Gasteiger partial charge in [0.2, 0.25) is 0 Å². The van der Waals surface area contributed by atoms with Crippen molar-refractivity contribution in [2.45, 2.75) is 12.8 Å². The minimum atomic E-state index is 0.199. The summed E-state index contributed by atoms with van der Waals surface area (Å²) in [4.78, 5) is 0. The first-order chi connectivity index (χ1) is 7.81. The van der Waals surface area contributed by atoms with Crippen LogP contribution in [-0.2, 0) is 0 Å². The highest BCUT2D eigenvalue weighted by Crippen LogP contribution is 2.22. The van der Waals surface area contributed by atoms with Gasteiger partial charge in [-0.1, -0.05) is 61.5 Å². The molecule has 0 aromatic heterocycles. The summed E-state index contributed by atoms with van der Waals surface area (Å²) in [6.07, 6.45) is 0. The lowest BCUT2D eigenvalue weighted by Crippen LogP contribution is -1.98. The highest BCUT2D eigenvalue weighted by molar-refractivity contribution is 5.63. The average molecular weight is 212 g/mol. The minimum Gasteiger partial charge on any atom is -0.396 e. The van der Waals surface area contributed by atoms with Crippen molar-refractivity contribution in [2.75, 3.05) is 6.61 Å². The van der Waals surface area contributed by atoms with E-state index in [9.17, 15) is 0 Å². The van der Waals surface area contributed by atoms with Gasteiger partial charge in [0.25, 0.3) is 0 Å². The van der Waals surface area contributed by atoms with Gasteiger partial charge < -0.3 is 5.11 Å². The molecule has 16 heavy (non-hydrogen) atoms. The maximum Gasteiger partial charge on any atom is 0.0497 e. The third kappa shape index (κ3) is 2.31. The normalized spacial score (nSPS) is 12.4. The fourth-order valence-electron chi connectivity index (χ4n) is 1.74. The van der Waals surface area contributed by atoms with Gasteiger partial charge in [0.15, 0.2) is 0 Å². The van der Waals surface area contributed by atoms with Gasteiger partial charge in [-0.25, -0.2) is 0 Å². The molecule has 1 atom stereocenters. The molecule has 2 rings (SSSR count). The Kier molecular flexibility index (Phi) is 3.37. The molecule has 0 radical (unpaired) electrons. The van der Waals surface area contributed by atoms with E-state index in [4.69, 9.17) is 5.11 Å². The Morgan fingerprint density at radius 3 is 2.00 bits per heavy atom. The summed E-state index contributed by atoms with van der Waals surface area (Å²) in [7, 11) is 0. The van der Waals surface area contributed by atoms with Gasteiger partial charge in [-0.15, -0.1) is 0 Å². The van der Waals surface area contributed by atoms with Gasteiger partial charge >= 0.3 is 0 Å². The molecule has 1 unspecified atom stereocenters. The van der Waals surface area contributed by atoms with Crippen molar-refractivity contribution in [3.05, 3.63) is 60.2 Å². The molecule has 2 aromatic rings. The Balaban J connectivity index is 2.26. The molecule has 0 heterocycles. The van der Waals surface area contributed by atoms with E-state index in [0.717, 1.165) is 0 Å². The molecule has 0 aliphatic carbocycles. The standard InChI is InChI=1S/C15H16O/c1-12(11-16)13-7-9-15(10-8-13)14-5-3-2-4-6-14/h2-10,12,16H,11H2,1H3. The van der Waals surface area contributed by atoms with Crippen LogP contribution in [0.3, 0.4) is 0 Å². The minimum absolute atomic E-state index is 0.199. The molecule has 0 amide bonds. The fraction of sp³-hybridized carbons (Fsp3) is 0.200. The summed E-state index contributed by atoms with van der Waals surface area (Å²) < 4.78 is 0. The first-order valence-corrected chi connectivity index (χ1v) is 5.57. The van der Waals surface area contributed by atoms with Crippen LogP contribution < -0.4 is 0 Å². The molecule has 0 saturated heterocycles. The van der Waals surface area contributed by atoms with Gasteiger partial charge in [0.05, 0.1) is 0 Å². The predicted octanol–water partition coefficient (Wildman–Crippen LogP) is 3.45. The number of rotatable bonds is 3. The topological polar surface area (TPSA) is 20.2 Å². The number of aliphatic hydroxyl groups excluding tert-OH is 1. The molecule has 0 aliphatic heterocycles. The largest absolute Gasteiger partial charge is 0.396 e. The van der Waals surface area contributed by atoms with Gasteiger partial charge in [0, 0.05) is 12.5 Å². The Morgan fingerprint density at radius 2 is 1.44 bits per heavy atom. The molecule has 0 fully saturated rings. The maximum absolute atomic E-state index is 9.07. The van der Waals surface area contributed by atoms with E-state index in [1.807, 2.05) is 25.1 Å². The summed E-state index contributed by atoms with van der Waals surface area (Å²) in [5.41, 5.74) is 3.63. The van der Waals surface area contributed by atoms with Crippen LogP contribution in [0.2, 0.25) is 0 Å². The van der Waals surface area contributed by atoms with Crippen LogP contribution in [0.25, 0.3) is 11.1 Å². The monoisotopic (exact) mass is 212 g/mol. The molecule has 0 saturated carbocycles. The number of hydrogen-bond acceptors (Lipinski definition) is 1. The van der Waals surface area contributed by atoms with Crippen molar-refractivity contribution in [3.63, 3.8) is 0 Å². The third-order valence-electron chi connectivity index (χ3n) is 2.86. The highest BCUT2D eigenvalue weighted by atomic mass is 16.3. The van der Waals surface area contributed by atoms with E-state index < -0.39 is 0 Å². The van der Waals surface area contributed by atoms with Gasteiger partial charge in [-0.05, 0) is 16.7 Å². The van der Waals surface area contributed by atoms with Crippen molar-refractivity contribution in [3.8, 4) is 11.1 Å². The predicted molar refractivity (Wildman–Crippen MR) is 67.4 cm³/mol. The molecule has 0 aliphatic rings. The molecular formula is C15H16O. The third-order valence-corrected chi connectivity index (χ3v) is 2.86. The molecule has 2 aromatic carbocycles. The first kappa shape index (κ1) is 10.9. The fourth-order valence-corrected chi connectivity index (χ4v) is 1.74. The number of aliphatic hydroxyl groups is 1. The van der Waals surface area contributed by atoms with Crippen molar-refractivity contribution in [1.29, 1.82) is 0 Å². The Bertz CT molecular complexity index is 431. The van der Waals surface area contributed by atoms with Gasteiger partial charge in [0.1, 0.15) is 0 Å². The van der Waals surface area contributed by atoms with E-state index in [0.29, 0.717) is 0 Å². The van der Waals surface area contributed by atoms with Crippen LogP contribution in [0.5, 0.6) is 0 Å². The summed E-state index contributed by atoms with van der Waals surface area (Å²) in [5, 5.41) is 9.07. The van der Waals surface area contributed by atoms with Crippen molar-refractivity contribution >= 4 is 0 Å². The summed E-state index contributed by atoms with van der Waals surface area (Å²) in [6.45, 7) is 2.22. The van der Waals surface area contributed by atoms with E-state index in [1.165, 1.54) is 16.7 Å². The molecule has 1 heteroatoms. The van der Waals surface area contributed by atoms with Crippen LogP contribution in [0.4, 0.5) is 0 Å². The molecule has 1 nitrogen and oxygen atoms in total. The maximum atomic E-state index is 9.07. The Morgan fingerprint density at radius 1 is 0.875 bits per heavy atom. The van der Waals surface area contributed by atoms with Gasteiger partial charge in [-0.3, -0.25) is 0 Å². The summed E-state index contributed by atoms with van der Waals surface area (Å²) >= 11 is 0. The van der Waals surface area contributed by atoms with Crippen LogP contribution in [-0.4, -0.2) is 11.7 Å². The average Bonchev–Trinajstić information content (AvgIpc) is 2.39. The van der Waals surface area contributed by atoms with E-state index in [2.05, 4.69) is 36.4 Å². The van der Waals surface area contributed by atoms with Crippen molar-refractivity contribution in [2.24, 2.45) is 0 Å². The smallest absolute Gasteiger partial charge is 0.0497 e. The molecule has 0 spiro atoms.